The van der Waals surface area contributed by atoms with Crippen LogP contribution in [0.4, 0.5) is 8.78 Å². The summed E-state index contributed by atoms with van der Waals surface area (Å²) in [5, 5.41) is 6.19. The van der Waals surface area contributed by atoms with Gasteiger partial charge < -0.3 is 11.1 Å². The molecule has 22 heavy (non-hydrogen) atoms. The fourth-order valence-electron chi connectivity index (χ4n) is 2.77. The maximum absolute atomic E-state index is 13.5. The van der Waals surface area contributed by atoms with Gasteiger partial charge in [0.05, 0.1) is 6.04 Å². The van der Waals surface area contributed by atoms with Crippen molar-refractivity contribution in [3.05, 3.63) is 34.9 Å². The van der Waals surface area contributed by atoms with Crippen molar-refractivity contribution in [2.45, 2.75) is 51.1 Å². The first-order chi connectivity index (χ1) is 10.6. The Morgan fingerprint density at radius 2 is 1.95 bits per heavy atom. The van der Waals surface area contributed by atoms with Gasteiger partial charge >= 0.3 is 0 Å². The van der Waals surface area contributed by atoms with E-state index >= 15 is 0 Å². The van der Waals surface area contributed by atoms with Crippen LogP contribution in [0.25, 0.3) is 0 Å². The summed E-state index contributed by atoms with van der Waals surface area (Å²) in [5.41, 5.74) is 8.51. The van der Waals surface area contributed by atoms with E-state index < -0.39 is 12.5 Å². The normalized spacial score (nSPS) is 16.8. The Bertz CT molecular complexity index is 461. The minimum absolute atomic E-state index is 0.143. The Labute approximate surface area is 131 Å². The van der Waals surface area contributed by atoms with Gasteiger partial charge in [0, 0.05) is 19.1 Å². The van der Waals surface area contributed by atoms with Crippen molar-refractivity contribution < 1.29 is 8.78 Å². The third-order valence-corrected chi connectivity index (χ3v) is 4.21. The molecule has 0 saturated carbocycles. The van der Waals surface area contributed by atoms with E-state index in [1.807, 2.05) is 12.1 Å². The number of nitrogens with two attached hydrogens (primary N) is 1. The number of unbranched alkanes of at least 4 members (excludes halogenated alkanes) is 1. The summed E-state index contributed by atoms with van der Waals surface area (Å²) in [6.45, 7) is 4.26. The van der Waals surface area contributed by atoms with Gasteiger partial charge in [-0.15, -0.1) is 0 Å². The van der Waals surface area contributed by atoms with Crippen LogP contribution in [0.1, 0.15) is 42.5 Å². The molecule has 0 aliphatic carbocycles. The molecule has 0 aromatic heterocycles. The Kier molecular flexibility index (Phi) is 6.73. The molecule has 1 unspecified atom stereocenters. The van der Waals surface area contributed by atoms with Crippen LogP contribution >= 0.6 is 0 Å². The average molecular weight is 311 g/mol. The number of nitrogens with one attached hydrogen (secondary N) is 2. The SMILES string of the molecule is CCc1cc(CCCCN)cc(C(NC2CNC2)C(F)F)c1. The molecule has 1 heterocycles. The molecule has 2 rings (SSSR count). The van der Waals surface area contributed by atoms with Crippen molar-refractivity contribution >= 4 is 0 Å². The van der Waals surface area contributed by atoms with Gasteiger partial charge in [-0.05, 0) is 48.9 Å². The largest absolute Gasteiger partial charge is 0.330 e. The molecular formula is C17H27F2N3. The predicted molar refractivity (Wildman–Crippen MR) is 86.4 cm³/mol. The minimum Gasteiger partial charge on any atom is -0.330 e. The molecule has 1 saturated heterocycles. The molecule has 1 aliphatic heterocycles. The molecule has 3 nitrogen and oxygen atoms in total. The van der Waals surface area contributed by atoms with Gasteiger partial charge in [0.2, 0.25) is 0 Å². The van der Waals surface area contributed by atoms with Crippen molar-refractivity contribution in [1.82, 2.24) is 10.6 Å². The van der Waals surface area contributed by atoms with E-state index in [4.69, 9.17) is 5.73 Å². The summed E-state index contributed by atoms with van der Waals surface area (Å²) in [6.07, 6.45) is 1.33. The molecule has 1 aromatic rings. The number of alkyl halides is 2. The zero-order valence-electron chi connectivity index (χ0n) is 13.2. The maximum Gasteiger partial charge on any atom is 0.257 e. The first-order valence-electron chi connectivity index (χ1n) is 8.21. The third-order valence-electron chi connectivity index (χ3n) is 4.21. The van der Waals surface area contributed by atoms with Crippen LogP contribution in [-0.4, -0.2) is 32.1 Å². The highest BCUT2D eigenvalue weighted by Gasteiger charge is 2.28. The highest BCUT2D eigenvalue weighted by molar-refractivity contribution is 5.33. The lowest BCUT2D eigenvalue weighted by molar-refractivity contribution is 0.0868. The van der Waals surface area contributed by atoms with Crippen molar-refractivity contribution in [1.29, 1.82) is 0 Å². The lowest BCUT2D eigenvalue weighted by Crippen LogP contribution is -2.57. The van der Waals surface area contributed by atoms with Gasteiger partial charge in [0.15, 0.2) is 0 Å². The minimum atomic E-state index is -2.40. The fraction of sp³-hybridized carbons (Fsp3) is 0.647. The monoisotopic (exact) mass is 311 g/mol. The topological polar surface area (TPSA) is 50.1 Å². The van der Waals surface area contributed by atoms with E-state index in [0.717, 1.165) is 49.9 Å². The summed E-state index contributed by atoms with van der Waals surface area (Å²) in [4.78, 5) is 0. The van der Waals surface area contributed by atoms with Crippen LogP contribution in [0, 0.1) is 0 Å². The fourth-order valence-corrected chi connectivity index (χ4v) is 2.77. The third kappa shape index (κ3) is 4.73. The second kappa shape index (κ2) is 8.56. The summed E-state index contributed by atoms with van der Waals surface area (Å²) in [5.74, 6) is 0. The molecule has 0 spiro atoms. The number of hydrogen-bond donors (Lipinski definition) is 3. The van der Waals surface area contributed by atoms with E-state index in [-0.39, 0.29) is 6.04 Å². The Morgan fingerprint density at radius 1 is 1.23 bits per heavy atom. The summed E-state index contributed by atoms with van der Waals surface area (Å²) in [7, 11) is 0. The van der Waals surface area contributed by atoms with Crippen molar-refractivity contribution in [2.24, 2.45) is 5.73 Å². The number of halogens is 2. The first-order valence-corrected chi connectivity index (χ1v) is 8.21. The molecule has 0 bridgehead atoms. The lowest BCUT2D eigenvalue weighted by atomic mass is 9.96. The lowest BCUT2D eigenvalue weighted by Gasteiger charge is -2.32. The smallest absolute Gasteiger partial charge is 0.257 e. The van der Waals surface area contributed by atoms with Gasteiger partial charge in [-0.2, -0.15) is 0 Å². The van der Waals surface area contributed by atoms with Crippen molar-refractivity contribution in [3.8, 4) is 0 Å². The van der Waals surface area contributed by atoms with Crippen LogP contribution in [0.3, 0.4) is 0 Å². The van der Waals surface area contributed by atoms with Gasteiger partial charge in [-0.25, -0.2) is 8.78 Å². The molecule has 0 radical (unpaired) electrons. The van der Waals surface area contributed by atoms with Gasteiger partial charge in [0.25, 0.3) is 6.43 Å². The van der Waals surface area contributed by atoms with Gasteiger partial charge in [-0.3, -0.25) is 5.32 Å². The maximum atomic E-state index is 13.5. The number of benzene rings is 1. The number of rotatable bonds is 9. The summed E-state index contributed by atoms with van der Waals surface area (Å²) in [6, 6.07) is 5.25. The molecular weight excluding hydrogens is 284 g/mol. The van der Waals surface area contributed by atoms with Crippen molar-refractivity contribution in [2.75, 3.05) is 19.6 Å². The van der Waals surface area contributed by atoms with Gasteiger partial charge in [-0.1, -0.05) is 25.1 Å². The molecule has 1 aliphatic rings. The van der Waals surface area contributed by atoms with E-state index in [1.54, 1.807) is 0 Å². The molecule has 1 fully saturated rings. The predicted octanol–water partition coefficient (Wildman–Crippen LogP) is 2.40. The van der Waals surface area contributed by atoms with E-state index in [2.05, 4.69) is 23.6 Å². The van der Waals surface area contributed by atoms with Crippen LogP contribution in [0.5, 0.6) is 0 Å². The van der Waals surface area contributed by atoms with E-state index in [0.29, 0.717) is 12.1 Å². The highest BCUT2D eigenvalue weighted by atomic mass is 19.3. The Morgan fingerprint density at radius 3 is 2.50 bits per heavy atom. The van der Waals surface area contributed by atoms with Crippen LogP contribution in [-0.2, 0) is 12.8 Å². The Hall–Kier alpha value is -1.04. The molecule has 124 valence electrons. The molecule has 4 N–H and O–H groups in total. The van der Waals surface area contributed by atoms with Crippen LogP contribution in [0.2, 0.25) is 0 Å². The van der Waals surface area contributed by atoms with E-state index in [9.17, 15) is 8.78 Å². The molecule has 5 heteroatoms. The molecule has 1 aromatic carbocycles. The zero-order chi connectivity index (χ0) is 15.9. The Balaban J connectivity index is 2.15. The standard InChI is InChI=1S/C17H27F2N3/c1-2-12-7-13(5-3-4-6-20)9-14(8-12)16(17(18)19)22-15-10-21-11-15/h7-9,15-17,21-22H,2-6,10-11,20H2,1H3. The van der Waals surface area contributed by atoms with Gasteiger partial charge in [0.1, 0.15) is 0 Å². The first kappa shape index (κ1) is 17.3. The molecule has 1 atom stereocenters. The van der Waals surface area contributed by atoms with E-state index in [1.165, 1.54) is 0 Å². The summed E-state index contributed by atoms with van der Waals surface area (Å²) >= 11 is 0. The second-order valence-corrected chi connectivity index (χ2v) is 6.02. The second-order valence-electron chi connectivity index (χ2n) is 6.02. The number of aryl methyl sites for hydroxylation is 2. The quantitative estimate of drug-likeness (QED) is 0.614. The molecule has 0 amide bonds. The number of hydrogen-bond acceptors (Lipinski definition) is 3. The summed E-state index contributed by atoms with van der Waals surface area (Å²) < 4.78 is 27.0. The van der Waals surface area contributed by atoms with Crippen LogP contribution < -0.4 is 16.4 Å². The van der Waals surface area contributed by atoms with Crippen molar-refractivity contribution in [3.63, 3.8) is 0 Å². The zero-order valence-corrected chi connectivity index (χ0v) is 13.2. The van der Waals surface area contributed by atoms with Crippen LogP contribution in [0.15, 0.2) is 18.2 Å². The average Bonchev–Trinajstić information content (AvgIpc) is 2.45. The highest BCUT2D eigenvalue weighted by Crippen LogP contribution is 2.25.